The van der Waals surface area contributed by atoms with Gasteiger partial charge in [0, 0.05) is 22.2 Å². The average molecular weight is 432 g/mol. The molecule has 0 fully saturated rings. The second-order valence-corrected chi connectivity index (χ2v) is 8.41. The first-order valence-corrected chi connectivity index (χ1v) is 10.7. The first-order chi connectivity index (χ1) is 15.0. The Morgan fingerprint density at radius 2 is 1.68 bits per heavy atom. The summed E-state index contributed by atoms with van der Waals surface area (Å²) in [6.07, 6.45) is 1.72. The summed E-state index contributed by atoms with van der Waals surface area (Å²) in [6.45, 7) is 4.07. The van der Waals surface area contributed by atoms with Crippen molar-refractivity contribution in [2.45, 2.75) is 19.9 Å². The summed E-state index contributed by atoms with van der Waals surface area (Å²) in [7, 11) is 0. The predicted molar refractivity (Wildman–Crippen MR) is 124 cm³/mol. The number of nitrogens with one attached hydrogen (secondary N) is 2. The van der Waals surface area contributed by atoms with Gasteiger partial charge in [-0.2, -0.15) is 0 Å². The number of anilines is 2. The highest BCUT2D eigenvalue weighted by molar-refractivity contribution is 7.16. The van der Waals surface area contributed by atoms with Crippen molar-refractivity contribution >= 4 is 28.1 Å². The van der Waals surface area contributed by atoms with Crippen molar-refractivity contribution in [1.29, 1.82) is 0 Å². The van der Waals surface area contributed by atoms with E-state index < -0.39 is 0 Å². The normalized spacial score (nSPS) is 11.7. The lowest BCUT2D eigenvalue weighted by Crippen LogP contribution is -2.18. The van der Waals surface area contributed by atoms with E-state index in [1.54, 1.807) is 30.5 Å². The summed E-state index contributed by atoms with van der Waals surface area (Å²) in [4.78, 5) is 18.4. The SMILES string of the molecule is Cc1sc(NC(=O)c2ccccc2)c([C@H](Nc2ccccn2)c2ccc(F)cc2)c1C. The first kappa shape index (κ1) is 20.8. The maximum atomic E-state index is 13.6. The van der Waals surface area contributed by atoms with Crippen LogP contribution in [0.25, 0.3) is 0 Å². The number of benzene rings is 2. The minimum atomic E-state index is -0.313. The lowest BCUT2D eigenvalue weighted by atomic mass is 9.96. The Labute approximate surface area is 184 Å². The quantitative estimate of drug-likeness (QED) is 0.374. The number of aromatic nitrogens is 1. The highest BCUT2D eigenvalue weighted by Gasteiger charge is 2.25. The van der Waals surface area contributed by atoms with Crippen LogP contribution >= 0.6 is 11.3 Å². The number of nitrogens with zero attached hydrogens (tertiary/aromatic N) is 1. The minimum absolute atomic E-state index is 0.168. The van der Waals surface area contributed by atoms with Gasteiger partial charge in [0.25, 0.3) is 5.91 Å². The molecule has 0 saturated heterocycles. The minimum Gasteiger partial charge on any atom is -0.359 e. The van der Waals surface area contributed by atoms with Gasteiger partial charge in [-0.3, -0.25) is 4.79 Å². The summed E-state index contributed by atoms with van der Waals surface area (Å²) >= 11 is 1.53. The number of pyridine rings is 1. The van der Waals surface area contributed by atoms with E-state index in [9.17, 15) is 9.18 Å². The highest BCUT2D eigenvalue weighted by Crippen LogP contribution is 2.41. The van der Waals surface area contributed by atoms with Crippen LogP contribution in [0.2, 0.25) is 0 Å². The molecule has 1 atom stereocenters. The molecule has 1 amide bonds. The lowest BCUT2D eigenvalue weighted by molar-refractivity contribution is 0.102. The molecule has 2 heterocycles. The molecule has 2 aromatic heterocycles. The fraction of sp³-hybridized carbons (Fsp3) is 0.120. The number of aryl methyl sites for hydroxylation is 1. The van der Waals surface area contributed by atoms with Gasteiger partial charge in [-0.1, -0.05) is 36.4 Å². The Bertz CT molecular complexity index is 1170. The zero-order chi connectivity index (χ0) is 21.8. The molecule has 0 bridgehead atoms. The van der Waals surface area contributed by atoms with E-state index in [1.807, 2.05) is 50.2 Å². The zero-order valence-corrected chi connectivity index (χ0v) is 18.0. The van der Waals surface area contributed by atoms with E-state index in [1.165, 1.54) is 23.5 Å². The maximum Gasteiger partial charge on any atom is 0.256 e. The Morgan fingerprint density at radius 1 is 0.968 bits per heavy atom. The van der Waals surface area contributed by atoms with Crippen molar-refractivity contribution < 1.29 is 9.18 Å². The van der Waals surface area contributed by atoms with E-state index in [-0.39, 0.29) is 17.8 Å². The smallest absolute Gasteiger partial charge is 0.256 e. The van der Waals surface area contributed by atoms with Crippen molar-refractivity contribution in [3.8, 4) is 0 Å². The monoisotopic (exact) mass is 431 g/mol. The molecular formula is C25H22FN3OS. The second kappa shape index (κ2) is 9.10. The Hall–Kier alpha value is -3.51. The molecule has 4 nitrogen and oxygen atoms in total. The van der Waals surface area contributed by atoms with E-state index in [0.29, 0.717) is 11.4 Å². The van der Waals surface area contributed by atoms with Gasteiger partial charge in [-0.05, 0) is 61.4 Å². The van der Waals surface area contributed by atoms with Crippen LogP contribution in [0.3, 0.4) is 0 Å². The van der Waals surface area contributed by atoms with Crippen LogP contribution in [-0.4, -0.2) is 10.9 Å². The molecule has 2 aromatic carbocycles. The Morgan fingerprint density at radius 3 is 2.35 bits per heavy atom. The summed E-state index contributed by atoms with van der Waals surface area (Å²) < 4.78 is 13.6. The molecule has 31 heavy (non-hydrogen) atoms. The van der Waals surface area contributed by atoms with Crippen molar-refractivity contribution in [1.82, 2.24) is 4.98 Å². The molecule has 0 radical (unpaired) electrons. The van der Waals surface area contributed by atoms with Gasteiger partial charge in [-0.25, -0.2) is 9.37 Å². The molecule has 4 aromatic rings. The van der Waals surface area contributed by atoms with Gasteiger partial charge in [0.1, 0.15) is 16.6 Å². The highest BCUT2D eigenvalue weighted by atomic mass is 32.1. The zero-order valence-electron chi connectivity index (χ0n) is 17.2. The summed E-state index contributed by atoms with van der Waals surface area (Å²) in [6, 6.07) is 20.8. The van der Waals surface area contributed by atoms with Crippen LogP contribution in [0.5, 0.6) is 0 Å². The molecule has 4 rings (SSSR count). The molecule has 156 valence electrons. The summed E-state index contributed by atoms with van der Waals surface area (Å²) in [5, 5.41) is 7.31. The molecular weight excluding hydrogens is 409 g/mol. The average Bonchev–Trinajstić information content (AvgIpc) is 3.07. The topological polar surface area (TPSA) is 54.0 Å². The van der Waals surface area contributed by atoms with E-state index >= 15 is 0 Å². The van der Waals surface area contributed by atoms with Crippen LogP contribution in [-0.2, 0) is 0 Å². The van der Waals surface area contributed by atoms with Crippen LogP contribution in [0.4, 0.5) is 15.2 Å². The molecule has 0 aliphatic rings. The number of rotatable bonds is 6. The van der Waals surface area contributed by atoms with Gasteiger partial charge in [0.05, 0.1) is 6.04 Å². The fourth-order valence-electron chi connectivity index (χ4n) is 3.42. The number of carbonyl (C=O) groups excluding carboxylic acids is 1. The van der Waals surface area contributed by atoms with Gasteiger partial charge in [0.2, 0.25) is 0 Å². The van der Waals surface area contributed by atoms with E-state index in [0.717, 1.165) is 26.6 Å². The third-order valence-electron chi connectivity index (χ3n) is 5.14. The molecule has 6 heteroatoms. The Kier molecular flexibility index (Phi) is 6.09. The van der Waals surface area contributed by atoms with Gasteiger partial charge in [-0.15, -0.1) is 11.3 Å². The van der Waals surface area contributed by atoms with Crippen LogP contribution in [0.1, 0.15) is 38.0 Å². The maximum absolute atomic E-state index is 13.6. The van der Waals surface area contributed by atoms with Crippen molar-refractivity contribution in [3.05, 3.63) is 112 Å². The second-order valence-electron chi connectivity index (χ2n) is 7.19. The molecule has 0 saturated carbocycles. The third kappa shape index (κ3) is 4.64. The van der Waals surface area contributed by atoms with Crippen LogP contribution in [0.15, 0.2) is 79.0 Å². The number of amides is 1. The summed E-state index contributed by atoms with van der Waals surface area (Å²) in [5.74, 6) is 0.232. The molecule has 0 aliphatic carbocycles. The number of thiophene rings is 1. The fourth-order valence-corrected chi connectivity index (χ4v) is 4.52. The third-order valence-corrected chi connectivity index (χ3v) is 6.28. The van der Waals surface area contributed by atoms with Gasteiger partial charge in [0.15, 0.2) is 0 Å². The molecule has 0 spiro atoms. The Balaban J connectivity index is 1.77. The van der Waals surface area contributed by atoms with E-state index in [4.69, 9.17) is 0 Å². The van der Waals surface area contributed by atoms with Crippen molar-refractivity contribution in [2.24, 2.45) is 0 Å². The predicted octanol–water partition coefficient (Wildman–Crippen LogP) is 6.35. The summed E-state index contributed by atoms with van der Waals surface area (Å²) in [5.41, 5.74) is 3.49. The number of carbonyl (C=O) groups is 1. The van der Waals surface area contributed by atoms with E-state index in [2.05, 4.69) is 15.6 Å². The van der Waals surface area contributed by atoms with Gasteiger partial charge < -0.3 is 10.6 Å². The standard InChI is InChI=1S/C25H22FN3OS/c1-16-17(2)31-25(29-24(30)19-8-4-3-5-9-19)22(16)23(18-11-13-20(26)14-12-18)28-21-10-6-7-15-27-21/h3-15,23H,1-2H3,(H,27,28)(H,29,30)/t23-/m1/s1. The van der Waals surface area contributed by atoms with Gasteiger partial charge >= 0.3 is 0 Å². The van der Waals surface area contributed by atoms with Crippen molar-refractivity contribution in [3.63, 3.8) is 0 Å². The molecule has 0 aliphatic heterocycles. The van der Waals surface area contributed by atoms with Crippen molar-refractivity contribution in [2.75, 3.05) is 10.6 Å². The number of halogens is 1. The first-order valence-electron chi connectivity index (χ1n) is 9.92. The molecule has 2 N–H and O–H groups in total. The molecule has 0 unspecified atom stereocenters. The van der Waals surface area contributed by atoms with Crippen LogP contribution < -0.4 is 10.6 Å². The largest absolute Gasteiger partial charge is 0.359 e. The van der Waals surface area contributed by atoms with Crippen LogP contribution in [0, 0.1) is 19.7 Å². The number of hydrogen-bond donors (Lipinski definition) is 2. The lowest BCUT2D eigenvalue weighted by Gasteiger charge is -2.22. The number of hydrogen-bond acceptors (Lipinski definition) is 4.